The molecular formula is C22H21N3O2. The van der Waals surface area contributed by atoms with Gasteiger partial charge in [0.15, 0.2) is 5.78 Å². The van der Waals surface area contributed by atoms with Crippen LogP contribution in [0.3, 0.4) is 0 Å². The number of ketones is 1. The van der Waals surface area contributed by atoms with Crippen LogP contribution in [0, 0.1) is 13.8 Å². The van der Waals surface area contributed by atoms with Crippen molar-refractivity contribution in [2.75, 3.05) is 10.6 Å². The lowest BCUT2D eigenvalue weighted by molar-refractivity contribution is 0.101. The summed E-state index contributed by atoms with van der Waals surface area (Å²) in [5.41, 5.74) is 4.97. The van der Waals surface area contributed by atoms with Gasteiger partial charge in [-0.05, 0) is 74.4 Å². The first-order chi connectivity index (χ1) is 12.9. The highest BCUT2D eigenvalue weighted by atomic mass is 16.1. The average molecular weight is 359 g/mol. The van der Waals surface area contributed by atoms with E-state index in [1.807, 2.05) is 13.8 Å². The quantitative estimate of drug-likeness (QED) is 0.636. The maximum atomic E-state index is 12.4. The van der Waals surface area contributed by atoms with Gasteiger partial charge in [0.25, 0.3) is 5.91 Å². The molecule has 0 fully saturated rings. The van der Waals surface area contributed by atoms with Gasteiger partial charge in [0.05, 0.1) is 5.56 Å². The molecule has 0 unspecified atom stereocenters. The maximum absolute atomic E-state index is 12.4. The van der Waals surface area contributed by atoms with Crippen molar-refractivity contribution in [3.8, 4) is 0 Å². The number of nitrogens with zero attached hydrogens (tertiary/aromatic N) is 1. The molecule has 0 aliphatic rings. The standard InChI is InChI=1S/C22H21N3O2/c1-14-4-5-15(2)20(12-14)25-21-11-8-18(13-23-21)22(27)24-19-9-6-17(7-10-19)16(3)26/h4-13H,1-3H3,(H,23,25)(H,24,27). The minimum absolute atomic E-state index is 0.0102. The fraction of sp³-hybridized carbons (Fsp3) is 0.136. The van der Waals surface area contributed by atoms with E-state index in [1.165, 1.54) is 13.1 Å². The Labute approximate surface area is 158 Å². The molecule has 0 radical (unpaired) electrons. The van der Waals surface area contributed by atoms with Crippen molar-refractivity contribution >= 4 is 28.9 Å². The topological polar surface area (TPSA) is 71.1 Å². The molecule has 27 heavy (non-hydrogen) atoms. The molecule has 1 amide bonds. The number of amides is 1. The van der Waals surface area contributed by atoms with Crippen molar-refractivity contribution in [2.45, 2.75) is 20.8 Å². The first-order valence-corrected chi connectivity index (χ1v) is 8.65. The smallest absolute Gasteiger partial charge is 0.257 e. The first-order valence-electron chi connectivity index (χ1n) is 8.65. The van der Waals surface area contributed by atoms with Gasteiger partial charge in [0.2, 0.25) is 0 Å². The molecule has 3 rings (SSSR count). The number of hydrogen-bond donors (Lipinski definition) is 2. The van der Waals surface area contributed by atoms with Gasteiger partial charge in [0, 0.05) is 23.1 Å². The minimum Gasteiger partial charge on any atom is -0.340 e. The molecule has 1 heterocycles. The average Bonchev–Trinajstić information content (AvgIpc) is 2.65. The molecule has 5 nitrogen and oxygen atoms in total. The molecule has 0 bridgehead atoms. The number of Topliss-reactive ketones (excluding diaryl/α,β-unsaturated/α-hetero) is 1. The maximum Gasteiger partial charge on any atom is 0.257 e. The van der Waals surface area contributed by atoms with Crippen LogP contribution in [0.2, 0.25) is 0 Å². The molecule has 2 N–H and O–H groups in total. The van der Waals surface area contributed by atoms with Crippen LogP contribution >= 0.6 is 0 Å². The highest BCUT2D eigenvalue weighted by Gasteiger charge is 2.08. The number of carbonyl (C=O) groups is 2. The van der Waals surface area contributed by atoms with Gasteiger partial charge in [-0.1, -0.05) is 12.1 Å². The zero-order chi connectivity index (χ0) is 19.4. The fourth-order valence-electron chi connectivity index (χ4n) is 2.60. The third-order valence-corrected chi connectivity index (χ3v) is 4.23. The van der Waals surface area contributed by atoms with E-state index < -0.39 is 0 Å². The van der Waals surface area contributed by atoms with Gasteiger partial charge >= 0.3 is 0 Å². The second-order valence-electron chi connectivity index (χ2n) is 6.46. The molecule has 0 saturated heterocycles. The molecular weight excluding hydrogens is 338 g/mol. The van der Waals surface area contributed by atoms with E-state index >= 15 is 0 Å². The van der Waals surface area contributed by atoms with Crippen LogP contribution in [0.5, 0.6) is 0 Å². The summed E-state index contributed by atoms with van der Waals surface area (Å²) in [4.78, 5) is 28.0. The number of benzene rings is 2. The summed E-state index contributed by atoms with van der Waals surface area (Å²) in [7, 11) is 0. The molecule has 2 aromatic carbocycles. The van der Waals surface area contributed by atoms with Crippen LogP contribution in [0.4, 0.5) is 17.2 Å². The van der Waals surface area contributed by atoms with Crippen molar-refractivity contribution in [1.29, 1.82) is 0 Å². The number of carbonyl (C=O) groups excluding carboxylic acids is 2. The number of hydrogen-bond acceptors (Lipinski definition) is 4. The third kappa shape index (κ3) is 4.58. The number of aryl methyl sites for hydroxylation is 2. The summed E-state index contributed by atoms with van der Waals surface area (Å²) in [6.07, 6.45) is 1.53. The zero-order valence-corrected chi connectivity index (χ0v) is 15.5. The summed E-state index contributed by atoms with van der Waals surface area (Å²) in [6.45, 7) is 5.57. The van der Waals surface area contributed by atoms with Gasteiger partial charge < -0.3 is 10.6 Å². The van der Waals surface area contributed by atoms with E-state index in [2.05, 4.69) is 33.8 Å². The molecule has 1 aromatic heterocycles. The zero-order valence-electron chi connectivity index (χ0n) is 15.5. The van der Waals surface area contributed by atoms with E-state index in [0.29, 0.717) is 22.6 Å². The van der Waals surface area contributed by atoms with E-state index in [9.17, 15) is 9.59 Å². The second kappa shape index (κ2) is 7.83. The van der Waals surface area contributed by atoms with E-state index in [-0.39, 0.29) is 11.7 Å². The number of anilines is 3. The predicted octanol–water partition coefficient (Wildman–Crippen LogP) is 4.90. The van der Waals surface area contributed by atoms with Crippen molar-refractivity contribution in [2.24, 2.45) is 0 Å². The van der Waals surface area contributed by atoms with Gasteiger partial charge in [0.1, 0.15) is 5.82 Å². The van der Waals surface area contributed by atoms with Crippen molar-refractivity contribution in [1.82, 2.24) is 4.98 Å². The number of nitrogens with one attached hydrogen (secondary N) is 2. The Morgan fingerprint density at radius 3 is 2.22 bits per heavy atom. The lowest BCUT2D eigenvalue weighted by atomic mass is 10.1. The highest BCUT2D eigenvalue weighted by molar-refractivity contribution is 6.04. The molecule has 136 valence electrons. The Morgan fingerprint density at radius 2 is 1.59 bits per heavy atom. The Kier molecular flexibility index (Phi) is 5.31. The molecule has 3 aromatic rings. The number of rotatable bonds is 5. The molecule has 5 heteroatoms. The van der Waals surface area contributed by atoms with Crippen LogP contribution in [-0.2, 0) is 0 Å². The lowest BCUT2D eigenvalue weighted by Crippen LogP contribution is -2.12. The highest BCUT2D eigenvalue weighted by Crippen LogP contribution is 2.21. The summed E-state index contributed by atoms with van der Waals surface area (Å²) >= 11 is 0. The summed E-state index contributed by atoms with van der Waals surface area (Å²) < 4.78 is 0. The third-order valence-electron chi connectivity index (χ3n) is 4.23. The van der Waals surface area contributed by atoms with Crippen LogP contribution in [0.25, 0.3) is 0 Å². The van der Waals surface area contributed by atoms with E-state index in [0.717, 1.165) is 16.8 Å². The van der Waals surface area contributed by atoms with Gasteiger partial charge in [-0.3, -0.25) is 9.59 Å². The van der Waals surface area contributed by atoms with Gasteiger partial charge in [-0.15, -0.1) is 0 Å². The van der Waals surface area contributed by atoms with E-state index in [1.54, 1.807) is 36.4 Å². The van der Waals surface area contributed by atoms with Gasteiger partial charge in [-0.25, -0.2) is 4.98 Å². The van der Waals surface area contributed by atoms with Crippen LogP contribution in [0.1, 0.15) is 38.8 Å². The molecule has 0 spiro atoms. The monoisotopic (exact) mass is 359 g/mol. The minimum atomic E-state index is -0.253. The first kappa shape index (κ1) is 18.3. The van der Waals surface area contributed by atoms with Crippen LogP contribution in [0.15, 0.2) is 60.8 Å². The van der Waals surface area contributed by atoms with Crippen LogP contribution in [-0.4, -0.2) is 16.7 Å². The predicted molar refractivity (Wildman–Crippen MR) is 108 cm³/mol. The molecule has 0 aliphatic carbocycles. The summed E-state index contributed by atoms with van der Waals surface area (Å²) in [5, 5.41) is 6.07. The van der Waals surface area contributed by atoms with Gasteiger partial charge in [-0.2, -0.15) is 0 Å². The number of pyridine rings is 1. The van der Waals surface area contributed by atoms with Crippen molar-refractivity contribution < 1.29 is 9.59 Å². The Morgan fingerprint density at radius 1 is 0.889 bits per heavy atom. The number of aromatic nitrogens is 1. The van der Waals surface area contributed by atoms with Crippen LogP contribution < -0.4 is 10.6 Å². The normalized spacial score (nSPS) is 10.3. The SMILES string of the molecule is CC(=O)c1ccc(NC(=O)c2ccc(Nc3cc(C)ccc3C)nc2)cc1. The Bertz CT molecular complexity index is 977. The Balaban J connectivity index is 1.68. The Hall–Kier alpha value is -3.47. The molecule has 0 saturated carbocycles. The summed E-state index contributed by atoms with van der Waals surface area (Å²) in [6, 6.07) is 16.5. The summed E-state index contributed by atoms with van der Waals surface area (Å²) in [5.74, 6) is 0.409. The molecule has 0 atom stereocenters. The lowest BCUT2D eigenvalue weighted by Gasteiger charge is -2.10. The molecule has 0 aliphatic heterocycles. The second-order valence-corrected chi connectivity index (χ2v) is 6.46. The van der Waals surface area contributed by atoms with Crippen molar-refractivity contribution in [3.63, 3.8) is 0 Å². The fourth-order valence-corrected chi connectivity index (χ4v) is 2.60. The largest absolute Gasteiger partial charge is 0.340 e. The van der Waals surface area contributed by atoms with Crippen molar-refractivity contribution in [3.05, 3.63) is 83.0 Å². The van der Waals surface area contributed by atoms with E-state index in [4.69, 9.17) is 0 Å².